The minimum atomic E-state index is -1.17. The fourth-order valence-electron chi connectivity index (χ4n) is 2.16. The number of amides is 2. The molecule has 140 valence electrons. The molecule has 6 nitrogen and oxygen atoms in total. The Bertz CT molecular complexity index is 891. The van der Waals surface area contributed by atoms with Crippen LogP contribution < -0.4 is 10.6 Å². The lowest BCUT2D eigenvalue weighted by molar-refractivity contribution is -0.140. The number of carbonyl (C=O) groups is 3. The summed E-state index contributed by atoms with van der Waals surface area (Å²) in [5.41, 5.74) is 2.01. The predicted octanol–water partition coefficient (Wildman–Crippen LogP) is 3.12. The first kappa shape index (κ1) is 20.4. The van der Waals surface area contributed by atoms with Crippen LogP contribution in [-0.4, -0.2) is 28.9 Å². The standard InChI is InChI=1S/C20H19BrN2O4/c1-12-6-8-15(9-7-12)18(24)23-17(19(25)22-13(2)20(26)27)11-14-4-3-5-16(21)10-14/h3-11,13H,1-2H3,(H,22,25)(H,23,24)(H,26,27)/b17-11+. The van der Waals surface area contributed by atoms with E-state index < -0.39 is 23.8 Å². The zero-order valence-corrected chi connectivity index (χ0v) is 16.4. The summed E-state index contributed by atoms with van der Waals surface area (Å²) >= 11 is 3.35. The molecule has 0 saturated heterocycles. The van der Waals surface area contributed by atoms with E-state index in [9.17, 15) is 14.4 Å². The minimum absolute atomic E-state index is 0.0493. The molecule has 0 heterocycles. The second-order valence-corrected chi connectivity index (χ2v) is 6.88. The first-order valence-electron chi connectivity index (χ1n) is 8.15. The molecule has 7 heteroatoms. The quantitative estimate of drug-likeness (QED) is 0.613. The summed E-state index contributed by atoms with van der Waals surface area (Å²) in [5.74, 6) is -2.32. The highest BCUT2D eigenvalue weighted by molar-refractivity contribution is 9.10. The number of carboxylic acids is 1. The lowest BCUT2D eigenvalue weighted by Crippen LogP contribution is -2.42. The van der Waals surface area contributed by atoms with Crippen molar-refractivity contribution in [3.8, 4) is 0 Å². The molecular weight excluding hydrogens is 412 g/mol. The molecule has 1 atom stereocenters. The van der Waals surface area contributed by atoms with Gasteiger partial charge in [-0.2, -0.15) is 0 Å². The SMILES string of the molecule is Cc1ccc(C(=O)N/C(=C/c2cccc(Br)c2)C(=O)NC(C)C(=O)O)cc1. The highest BCUT2D eigenvalue weighted by Gasteiger charge is 2.19. The number of benzene rings is 2. The molecule has 3 N–H and O–H groups in total. The molecule has 2 aromatic carbocycles. The van der Waals surface area contributed by atoms with Gasteiger partial charge in [-0.05, 0) is 49.8 Å². The van der Waals surface area contributed by atoms with Crippen molar-refractivity contribution in [3.05, 3.63) is 75.4 Å². The summed E-state index contributed by atoms with van der Waals surface area (Å²) in [6.45, 7) is 3.25. The summed E-state index contributed by atoms with van der Waals surface area (Å²) in [4.78, 5) is 36.0. The van der Waals surface area contributed by atoms with Crippen LogP contribution in [0.5, 0.6) is 0 Å². The molecule has 0 aliphatic heterocycles. The Morgan fingerprint density at radius 3 is 2.37 bits per heavy atom. The van der Waals surface area contributed by atoms with Gasteiger partial charge in [0.1, 0.15) is 11.7 Å². The summed E-state index contributed by atoms with van der Waals surface area (Å²) in [6.07, 6.45) is 1.49. The monoisotopic (exact) mass is 430 g/mol. The van der Waals surface area contributed by atoms with Crippen molar-refractivity contribution in [2.24, 2.45) is 0 Å². The van der Waals surface area contributed by atoms with Crippen LogP contribution in [0.15, 0.2) is 58.7 Å². The Hall–Kier alpha value is -2.93. The van der Waals surface area contributed by atoms with E-state index in [1.165, 1.54) is 13.0 Å². The van der Waals surface area contributed by atoms with Crippen LogP contribution in [0.25, 0.3) is 6.08 Å². The van der Waals surface area contributed by atoms with Crippen molar-refractivity contribution < 1.29 is 19.5 Å². The number of hydrogen-bond acceptors (Lipinski definition) is 3. The highest BCUT2D eigenvalue weighted by atomic mass is 79.9. The van der Waals surface area contributed by atoms with Gasteiger partial charge >= 0.3 is 5.97 Å². The molecular formula is C20H19BrN2O4. The Labute approximate surface area is 165 Å². The maximum absolute atomic E-state index is 12.5. The fourth-order valence-corrected chi connectivity index (χ4v) is 2.57. The third-order valence-corrected chi connectivity index (χ3v) is 4.18. The summed E-state index contributed by atoms with van der Waals surface area (Å²) in [7, 11) is 0. The van der Waals surface area contributed by atoms with Gasteiger partial charge in [0, 0.05) is 10.0 Å². The second kappa shape index (κ2) is 9.14. The maximum Gasteiger partial charge on any atom is 0.325 e. The van der Waals surface area contributed by atoms with Gasteiger partial charge in [-0.1, -0.05) is 45.8 Å². The van der Waals surface area contributed by atoms with Crippen LogP contribution in [-0.2, 0) is 9.59 Å². The third kappa shape index (κ3) is 6.07. The molecule has 2 rings (SSSR count). The lowest BCUT2D eigenvalue weighted by Gasteiger charge is -2.13. The van der Waals surface area contributed by atoms with E-state index in [1.807, 2.05) is 13.0 Å². The van der Waals surface area contributed by atoms with Gasteiger partial charge in [0.15, 0.2) is 0 Å². The van der Waals surface area contributed by atoms with Crippen LogP contribution in [0, 0.1) is 6.92 Å². The van der Waals surface area contributed by atoms with E-state index in [0.717, 1.165) is 10.0 Å². The van der Waals surface area contributed by atoms with E-state index in [2.05, 4.69) is 26.6 Å². The van der Waals surface area contributed by atoms with Gasteiger partial charge in [0.2, 0.25) is 0 Å². The third-order valence-electron chi connectivity index (χ3n) is 3.68. The number of aliphatic carboxylic acids is 1. The van der Waals surface area contributed by atoms with Crippen molar-refractivity contribution in [2.45, 2.75) is 19.9 Å². The van der Waals surface area contributed by atoms with Crippen molar-refractivity contribution in [1.82, 2.24) is 10.6 Å². The average Bonchev–Trinajstić information content (AvgIpc) is 2.61. The van der Waals surface area contributed by atoms with E-state index in [-0.39, 0.29) is 5.70 Å². The average molecular weight is 431 g/mol. The fraction of sp³-hybridized carbons (Fsp3) is 0.150. The number of hydrogen-bond donors (Lipinski definition) is 3. The Morgan fingerprint density at radius 2 is 1.78 bits per heavy atom. The van der Waals surface area contributed by atoms with E-state index in [4.69, 9.17) is 5.11 Å². The van der Waals surface area contributed by atoms with Gasteiger partial charge < -0.3 is 15.7 Å². The van der Waals surface area contributed by atoms with Gasteiger partial charge in [0.25, 0.3) is 11.8 Å². The second-order valence-electron chi connectivity index (χ2n) is 5.97. The Kier molecular flexibility index (Phi) is 6.90. The molecule has 0 spiro atoms. The zero-order chi connectivity index (χ0) is 20.0. The summed E-state index contributed by atoms with van der Waals surface area (Å²) in [5, 5.41) is 13.9. The first-order chi connectivity index (χ1) is 12.8. The molecule has 27 heavy (non-hydrogen) atoms. The smallest absolute Gasteiger partial charge is 0.325 e. The molecule has 0 aromatic heterocycles. The summed E-state index contributed by atoms with van der Waals surface area (Å²) < 4.78 is 0.805. The first-order valence-corrected chi connectivity index (χ1v) is 8.94. The minimum Gasteiger partial charge on any atom is -0.480 e. The highest BCUT2D eigenvalue weighted by Crippen LogP contribution is 2.14. The number of nitrogens with one attached hydrogen (secondary N) is 2. The topological polar surface area (TPSA) is 95.5 Å². The van der Waals surface area contributed by atoms with E-state index in [1.54, 1.807) is 42.5 Å². The Morgan fingerprint density at radius 1 is 1.11 bits per heavy atom. The largest absolute Gasteiger partial charge is 0.480 e. The van der Waals surface area contributed by atoms with Crippen molar-refractivity contribution >= 4 is 39.8 Å². The normalized spacial score (nSPS) is 12.2. The van der Waals surface area contributed by atoms with E-state index >= 15 is 0 Å². The number of aryl methyl sites for hydroxylation is 1. The molecule has 2 amide bonds. The number of rotatable bonds is 6. The molecule has 0 saturated carbocycles. The van der Waals surface area contributed by atoms with Gasteiger partial charge in [-0.3, -0.25) is 14.4 Å². The predicted molar refractivity (Wildman–Crippen MR) is 106 cm³/mol. The van der Waals surface area contributed by atoms with Crippen LogP contribution in [0.2, 0.25) is 0 Å². The van der Waals surface area contributed by atoms with Crippen LogP contribution in [0.4, 0.5) is 0 Å². The van der Waals surface area contributed by atoms with E-state index in [0.29, 0.717) is 11.1 Å². The van der Waals surface area contributed by atoms with Crippen molar-refractivity contribution in [3.63, 3.8) is 0 Å². The van der Waals surface area contributed by atoms with Crippen LogP contribution in [0.3, 0.4) is 0 Å². The van der Waals surface area contributed by atoms with Crippen molar-refractivity contribution in [1.29, 1.82) is 0 Å². The zero-order valence-electron chi connectivity index (χ0n) is 14.8. The maximum atomic E-state index is 12.5. The van der Waals surface area contributed by atoms with Crippen molar-refractivity contribution in [2.75, 3.05) is 0 Å². The Balaban J connectivity index is 2.31. The number of carboxylic acid groups (broad SMARTS) is 1. The molecule has 1 unspecified atom stereocenters. The lowest BCUT2D eigenvalue weighted by atomic mass is 10.1. The molecule has 0 aliphatic rings. The van der Waals surface area contributed by atoms with Gasteiger partial charge in [-0.25, -0.2) is 0 Å². The van der Waals surface area contributed by atoms with Crippen LogP contribution >= 0.6 is 15.9 Å². The molecule has 0 aliphatic carbocycles. The summed E-state index contributed by atoms with van der Waals surface area (Å²) in [6, 6.07) is 12.9. The molecule has 2 aromatic rings. The van der Waals surface area contributed by atoms with Gasteiger partial charge in [0.05, 0.1) is 0 Å². The molecule has 0 bridgehead atoms. The molecule has 0 radical (unpaired) electrons. The van der Waals surface area contributed by atoms with Gasteiger partial charge in [-0.15, -0.1) is 0 Å². The van der Waals surface area contributed by atoms with Crippen LogP contribution in [0.1, 0.15) is 28.4 Å². The number of carbonyl (C=O) groups excluding carboxylic acids is 2. The molecule has 0 fully saturated rings. The number of halogens is 1.